The van der Waals surface area contributed by atoms with Gasteiger partial charge in [0.15, 0.2) is 11.9 Å². The first-order valence-corrected chi connectivity index (χ1v) is 14.6. The first-order valence-electron chi connectivity index (χ1n) is 14.6. The highest BCUT2D eigenvalue weighted by molar-refractivity contribution is 5.70. The van der Waals surface area contributed by atoms with Crippen LogP contribution in [0.2, 0.25) is 0 Å². The summed E-state index contributed by atoms with van der Waals surface area (Å²) < 4.78 is 6.36. The van der Waals surface area contributed by atoms with Gasteiger partial charge in [-0.1, -0.05) is 65.8 Å². The quantitative estimate of drug-likeness (QED) is 0.220. The first kappa shape index (κ1) is 34.1. The Kier molecular flexibility index (Phi) is 11.8. The van der Waals surface area contributed by atoms with Crippen molar-refractivity contribution in [2.45, 2.75) is 111 Å². The molecule has 0 aliphatic rings. The fourth-order valence-corrected chi connectivity index (χ4v) is 5.07. The second-order valence-electron chi connectivity index (χ2n) is 13.7. The average molecular weight is 571 g/mol. The second-order valence-corrected chi connectivity index (χ2v) is 13.7. The number of hydrogen-bond acceptors (Lipinski definition) is 5. The smallest absolute Gasteiger partial charge is 0.407 e. The van der Waals surface area contributed by atoms with Gasteiger partial charge in [0.25, 0.3) is 0 Å². The summed E-state index contributed by atoms with van der Waals surface area (Å²) >= 11 is 0. The van der Waals surface area contributed by atoms with Gasteiger partial charge in [0.1, 0.15) is 5.60 Å². The molecule has 0 saturated heterocycles. The highest BCUT2D eigenvalue weighted by atomic mass is 16.6. The standard InChI is InChI=1S/C33H50N2O6/c1-21(2)24(20-28(29(36)16-22(3)30(37)38)34-31(39)41-33(7,8)9)17-23-13-14-27(32(4,5)6)25(18-23)19-26-12-10-11-15-35(26)40/h10-15,18,21-22,24,28-29,36H,16-17,19-20H2,1-9H3,(H,34,39)(H,37,38)/t22?,24-,28-,29-/m0/s1. The fraction of sp³-hybridized carbons (Fsp3) is 0.606. The molecule has 8 heteroatoms. The molecule has 8 nitrogen and oxygen atoms in total. The van der Waals surface area contributed by atoms with Crippen LogP contribution in [-0.4, -0.2) is 40.0 Å². The zero-order valence-corrected chi connectivity index (χ0v) is 26.2. The lowest BCUT2D eigenvalue weighted by molar-refractivity contribution is -0.613. The molecule has 1 unspecified atom stereocenters. The van der Waals surface area contributed by atoms with Crippen molar-refractivity contribution < 1.29 is 29.3 Å². The van der Waals surface area contributed by atoms with Crippen molar-refractivity contribution in [1.29, 1.82) is 0 Å². The lowest BCUT2D eigenvalue weighted by Gasteiger charge is -2.32. The number of aromatic nitrogens is 1. The molecule has 0 bridgehead atoms. The highest BCUT2D eigenvalue weighted by Crippen LogP contribution is 2.31. The second kappa shape index (κ2) is 14.2. The number of aliphatic hydroxyl groups excluding tert-OH is 1. The third-order valence-corrected chi connectivity index (χ3v) is 7.43. The number of aliphatic carboxylic acids is 1. The van der Waals surface area contributed by atoms with E-state index in [2.05, 4.69) is 58.1 Å². The molecule has 0 aliphatic carbocycles. The van der Waals surface area contributed by atoms with Crippen molar-refractivity contribution in [3.63, 3.8) is 0 Å². The summed E-state index contributed by atoms with van der Waals surface area (Å²) in [5.74, 6) is -1.48. The van der Waals surface area contributed by atoms with E-state index in [1.165, 1.54) is 11.8 Å². The van der Waals surface area contributed by atoms with E-state index in [9.17, 15) is 25.0 Å². The zero-order valence-electron chi connectivity index (χ0n) is 26.2. The number of aliphatic hydroxyl groups is 1. The number of pyridine rings is 1. The van der Waals surface area contributed by atoms with Gasteiger partial charge in [-0.05, 0) is 74.0 Å². The summed E-state index contributed by atoms with van der Waals surface area (Å²) in [6.45, 7) is 17.5. The van der Waals surface area contributed by atoms with E-state index in [0.717, 1.165) is 15.9 Å². The largest absolute Gasteiger partial charge is 0.618 e. The van der Waals surface area contributed by atoms with Crippen LogP contribution in [0.1, 0.15) is 97.5 Å². The van der Waals surface area contributed by atoms with Gasteiger partial charge in [0.2, 0.25) is 0 Å². The van der Waals surface area contributed by atoms with Crippen LogP contribution in [0.15, 0.2) is 42.6 Å². The number of carbonyl (C=O) groups is 2. The molecule has 0 saturated carbocycles. The predicted octanol–water partition coefficient (Wildman–Crippen LogP) is 5.78. The van der Waals surface area contributed by atoms with Crippen LogP contribution < -0.4 is 10.0 Å². The fourth-order valence-electron chi connectivity index (χ4n) is 5.07. The minimum absolute atomic E-state index is 0.0112. The van der Waals surface area contributed by atoms with E-state index in [-0.39, 0.29) is 23.7 Å². The van der Waals surface area contributed by atoms with Crippen LogP contribution >= 0.6 is 0 Å². The highest BCUT2D eigenvalue weighted by Gasteiger charge is 2.31. The number of nitrogens with zero attached hydrogens (tertiary/aromatic N) is 1. The SMILES string of the molecule is CC(C[C@H](O)[C@H](C[C@H](Cc1ccc(C(C)(C)C)c(Cc2cccc[n+]2[O-])c1)C(C)C)NC(=O)OC(C)(C)C)C(=O)O. The van der Waals surface area contributed by atoms with Gasteiger partial charge in [-0.2, -0.15) is 4.73 Å². The number of alkyl carbamates (subject to hydrolysis) is 1. The Labute approximate surface area is 245 Å². The summed E-state index contributed by atoms with van der Waals surface area (Å²) in [6, 6.07) is 11.2. The molecule has 0 spiro atoms. The van der Waals surface area contributed by atoms with Gasteiger partial charge in [0, 0.05) is 12.1 Å². The first-order chi connectivity index (χ1) is 18.9. The topological polar surface area (TPSA) is 123 Å². The molecule has 2 rings (SSSR count). The van der Waals surface area contributed by atoms with Crippen molar-refractivity contribution in [2.75, 3.05) is 0 Å². The van der Waals surface area contributed by atoms with Crippen LogP contribution in [0.25, 0.3) is 0 Å². The summed E-state index contributed by atoms with van der Waals surface area (Å²) in [5.41, 5.74) is 3.22. The van der Waals surface area contributed by atoms with Gasteiger partial charge in [-0.3, -0.25) is 4.79 Å². The summed E-state index contributed by atoms with van der Waals surface area (Å²) in [6.07, 6.45) is 1.47. The summed E-state index contributed by atoms with van der Waals surface area (Å²) in [5, 5.41) is 35.7. The molecule has 0 fully saturated rings. The number of carboxylic acid groups (broad SMARTS) is 1. The van der Waals surface area contributed by atoms with Crippen LogP contribution in [-0.2, 0) is 27.8 Å². The molecular formula is C33H50N2O6. The van der Waals surface area contributed by atoms with Gasteiger partial charge < -0.3 is 25.5 Å². The molecule has 1 amide bonds. The molecule has 1 aromatic heterocycles. The van der Waals surface area contributed by atoms with E-state index in [1.807, 2.05) is 12.1 Å². The molecule has 228 valence electrons. The summed E-state index contributed by atoms with van der Waals surface area (Å²) in [7, 11) is 0. The third kappa shape index (κ3) is 11.0. The Balaban J connectivity index is 2.38. The van der Waals surface area contributed by atoms with Crippen molar-refractivity contribution in [3.8, 4) is 0 Å². The van der Waals surface area contributed by atoms with E-state index in [0.29, 0.717) is 25.0 Å². The molecular weight excluding hydrogens is 520 g/mol. The Morgan fingerprint density at radius 1 is 1.02 bits per heavy atom. The number of hydrogen-bond donors (Lipinski definition) is 3. The van der Waals surface area contributed by atoms with Crippen molar-refractivity contribution in [3.05, 3.63) is 70.2 Å². The van der Waals surface area contributed by atoms with Crippen LogP contribution in [0.5, 0.6) is 0 Å². The third-order valence-electron chi connectivity index (χ3n) is 7.43. The van der Waals surface area contributed by atoms with Gasteiger partial charge in [-0.15, -0.1) is 0 Å². The van der Waals surface area contributed by atoms with Crippen molar-refractivity contribution in [1.82, 2.24) is 5.32 Å². The maximum Gasteiger partial charge on any atom is 0.407 e. The maximum absolute atomic E-state index is 12.7. The molecule has 4 atom stereocenters. The maximum atomic E-state index is 12.7. The van der Waals surface area contributed by atoms with Gasteiger partial charge >= 0.3 is 12.1 Å². The lowest BCUT2D eigenvalue weighted by Crippen LogP contribution is -2.47. The van der Waals surface area contributed by atoms with Gasteiger partial charge in [-0.25, -0.2) is 4.79 Å². The normalized spacial score (nSPS) is 15.2. The number of carbonyl (C=O) groups excluding carboxylic acids is 1. The Hall–Kier alpha value is -3.13. The zero-order chi connectivity index (χ0) is 31.1. The Bertz CT molecular complexity index is 1170. The van der Waals surface area contributed by atoms with Crippen LogP contribution in [0.3, 0.4) is 0 Å². The van der Waals surface area contributed by atoms with Crippen molar-refractivity contribution >= 4 is 12.1 Å². The molecule has 3 N–H and O–H groups in total. The van der Waals surface area contributed by atoms with E-state index < -0.39 is 35.7 Å². The lowest BCUT2D eigenvalue weighted by atomic mass is 9.79. The number of ether oxygens (including phenoxy) is 1. The average Bonchev–Trinajstić information content (AvgIpc) is 2.82. The molecule has 1 heterocycles. The number of benzene rings is 1. The minimum atomic E-state index is -1.06. The molecule has 41 heavy (non-hydrogen) atoms. The number of rotatable bonds is 12. The van der Waals surface area contributed by atoms with Gasteiger partial charge in [0.05, 0.1) is 24.5 Å². The van der Waals surface area contributed by atoms with E-state index in [4.69, 9.17) is 4.74 Å². The molecule has 0 radical (unpaired) electrons. The summed E-state index contributed by atoms with van der Waals surface area (Å²) in [4.78, 5) is 24.2. The number of amides is 1. The van der Waals surface area contributed by atoms with E-state index >= 15 is 0 Å². The Morgan fingerprint density at radius 2 is 1.68 bits per heavy atom. The van der Waals surface area contributed by atoms with Crippen molar-refractivity contribution in [2.24, 2.45) is 17.8 Å². The van der Waals surface area contributed by atoms with Crippen LogP contribution in [0.4, 0.5) is 4.79 Å². The number of nitrogens with one attached hydrogen (secondary N) is 1. The number of carboxylic acids is 1. The molecule has 2 aromatic rings. The monoisotopic (exact) mass is 570 g/mol. The predicted molar refractivity (Wildman–Crippen MR) is 161 cm³/mol. The molecule has 0 aliphatic heterocycles. The molecule has 1 aromatic carbocycles. The van der Waals surface area contributed by atoms with Crippen LogP contribution in [0, 0.1) is 23.0 Å². The van der Waals surface area contributed by atoms with E-state index in [1.54, 1.807) is 33.8 Å². The minimum Gasteiger partial charge on any atom is -0.618 e. The Morgan fingerprint density at radius 3 is 2.22 bits per heavy atom.